The van der Waals surface area contributed by atoms with Gasteiger partial charge in [-0.2, -0.15) is 0 Å². The number of aromatic nitrogens is 3. The van der Waals surface area contributed by atoms with Gasteiger partial charge in [0.05, 0.1) is 10.9 Å². The van der Waals surface area contributed by atoms with Gasteiger partial charge in [0.25, 0.3) is 5.56 Å². The van der Waals surface area contributed by atoms with Crippen molar-refractivity contribution in [1.82, 2.24) is 14.5 Å². The Hall–Kier alpha value is -3.00. The molecule has 0 bridgehead atoms. The van der Waals surface area contributed by atoms with E-state index in [0.29, 0.717) is 41.8 Å². The Morgan fingerprint density at radius 3 is 2.92 bits per heavy atom. The summed E-state index contributed by atoms with van der Waals surface area (Å²) in [6.45, 7) is 2.21. The zero-order chi connectivity index (χ0) is 18.1. The number of aryl methyl sites for hydroxylation is 1. The summed E-state index contributed by atoms with van der Waals surface area (Å²) >= 11 is 0. The van der Waals surface area contributed by atoms with Gasteiger partial charge in [0.2, 0.25) is 0 Å². The van der Waals surface area contributed by atoms with E-state index >= 15 is 0 Å². The summed E-state index contributed by atoms with van der Waals surface area (Å²) in [5, 5.41) is 0.543. The minimum Gasteiger partial charge on any atom is -0.296 e. The summed E-state index contributed by atoms with van der Waals surface area (Å²) in [4.78, 5) is 21.6. The summed E-state index contributed by atoms with van der Waals surface area (Å²) in [5.41, 5.74) is 1.96. The molecular weight excluding hydrogens is 329 g/mol. The number of hydrogen-bond acceptors (Lipinski definition) is 3. The van der Waals surface area contributed by atoms with Crippen LogP contribution in [0.1, 0.15) is 30.4 Å². The molecule has 0 saturated heterocycles. The first-order valence-electron chi connectivity index (χ1n) is 8.72. The summed E-state index contributed by atoms with van der Waals surface area (Å²) in [5.74, 6) is 6.53. The maximum Gasteiger partial charge on any atom is 0.261 e. The van der Waals surface area contributed by atoms with Crippen molar-refractivity contribution in [2.45, 2.75) is 32.5 Å². The van der Waals surface area contributed by atoms with Gasteiger partial charge >= 0.3 is 0 Å². The molecule has 26 heavy (non-hydrogen) atoms. The van der Waals surface area contributed by atoms with Crippen LogP contribution >= 0.6 is 0 Å². The van der Waals surface area contributed by atoms with Crippen LogP contribution in [0.2, 0.25) is 0 Å². The molecule has 4 nitrogen and oxygen atoms in total. The van der Waals surface area contributed by atoms with E-state index in [1.807, 2.05) is 37.3 Å². The predicted molar refractivity (Wildman–Crippen MR) is 98.6 cm³/mol. The first-order valence-corrected chi connectivity index (χ1v) is 8.72. The van der Waals surface area contributed by atoms with Crippen molar-refractivity contribution in [2.75, 3.05) is 0 Å². The number of alkyl halides is 1. The van der Waals surface area contributed by atoms with Crippen LogP contribution < -0.4 is 5.56 Å². The third-order valence-electron chi connectivity index (χ3n) is 4.77. The molecule has 2 atom stereocenters. The molecule has 0 unspecified atom stereocenters. The van der Waals surface area contributed by atoms with Crippen LogP contribution in [0.3, 0.4) is 0 Å². The highest BCUT2D eigenvalue weighted by Crippen LogP contribution is 2.21. The van der Waals surface area contributed by atoms with E-state index in [2.05, 4.69) is 21.8 Å². The molecule has 0 amide bonds. The summed E-state index contributed by atoms with van der Waals surface area (Å²) in [7, 11) is 0. The van der Waals surface area contributed by atoms with E-state index < -0.39 is 6.17 Å². The third-order valence-corrected chi connectivity index (χ3v) is 4.77. The van der Waals surface area contributed by atoms with Crippen LogP contribution in [0.15, 0.2) is 47.4 Å². The molecule has 0 spiro atoms. The van der Waals surface area contributed by atoms with Gasteiger partial charge in [-0.15, -0.1) is 0 Å². The Kier molecular flexibility index (Phi) is 4.26. The lowest BCUT2D eigenvalue weighted by Crippen LogP contribution is -2.27. The van der Waals surface area contributed by atoms with Gasteiger partial charge in [-0.05, 0) is 42.7 Å². The van der Waals surface area contributed by atoms with Crippen LogP contribution in [0.4, 0.5) is 4.39 Å². The molecule has 2 aromatic heterocycles. The normalized spacial score (nSPS) is 19.3. The van der Waals surface area contributed by atoms with Gasteiger partial charge in [0.15, 0.2) is 0 Å². The molecule has 3 aromatic rings. The molecule has 5 heteroatoms. The molecule has 3 heterocycles. The second kappa shape index (κ2) is 6.72. The summed E-state index contributed by atoms with van der Waals surface area (Å²) < 4.78 is 15.7. The quantitative estimate of drug-likeness (QED) is 0.587. The SMILES string of the molecule is C[C@H]1Cn2c(nc3cc(C#Cc4ccccn4)ccc3c2=O)CC[C@@H]1F. The van der Waals surface area contributed by atoms with Gasteiger partial charge in [-0.1, -0.05) is 18.9 Å². The van der Waals surface area contributed by atoms with Crippen molar-refractivity contribution in [2.24, 2.45) is 5.92 Å². The van der Waals surface area contributed by atoms with Gasteiger partial charge in [-0.25, -0.2) is 14.4 Å². The van der Waals surface area contributed by atoms with Crippen LogP contribution in [0.25, 0.3) is 10.9 Å². The topological polar surface area (TPSA) is 47.8 Å². The molecule has 130 valence electrons. The standard InChI is InChI=1S/C21H18FN3O/c1-14-13-25-20(10-9-18(14)22)24-19-12-15(6-8-17(19)21(25)26)5-7-16-4-2-3-11-23-16/h2-4,6,8,11-12,14,18H,9-10,13H2,1H3/t14-,18-/m0/s1. The number of pyridine rings is 1. The number of hydrogen-bond donors (Lipinski definition) is 0. The first-order chi connectivity index (χ1) is 12.6. The number of halogens is 1. The second-order valence-corrected chi connectivity index (χ2v) is 6.67. The van der Waals surface area contributed by atoms with Gasteiger partial charge in [0, 0.05) is 30.6 Å². The van der Waals surface area contributed by atoms with Gasteiger partial charge in [-0.3, -0.25) is 9.36 Å². The van der Waals surface area contributed by atoms with E-state index in [4.69, 9.17) is 0 Å². The fourth-order valence-electron chi connectivity index (χ4n) is 3.25. The summed E-state index contributed by atoms with van der Waals surface area (Å²) in [6.07, 6.45) is 1.67. The molecule has 0 N–H and O–H groups in total. The molecule has 1 aliphatic rings. The molecule has 4 rings (SSSR count). The smallest absolute Gasteiger partial charge is 0.261 e. The van der Waals surface area contributed by atoms with Gasteiger partial charge < -0.3 is 0 Å². The van der Waals surface area contributed by atoms with E-state index in [1.54, 1.807) is 16.8 Å². The fraction of sp³-hybridized carbons (Fsp3) is 0.286. The third kappa shape index (κ3) is 3.11. The van der Waals surface area contributed by atoms with Crippen molar-refractivity contribution in [1.29, 1.82) is 0 Å². The average molecular weight is 347 g/mol. The van der Waals surface area contributed by atoms with Crippen LogP contribution in [-0.4, -0.2) is 20.7 Å². The van der Waals surface area contributed by atoms with E-state index in [9.17, 15) is 9.18 Å². The van der Waals surface area contributed by atoms with Crippen LogP contribution in [0.5, 0.6) is 0 Å². The van der Waals surface area contributed by atoms with Crippen molar-refractivity contribution < 1.29 is 4.39 Å². The van der Waals surface area contributed by atoms with Crippen molar-refractivity contribution >= 4 is 10.9 Å². The van der Waals surface area contributed by atoms with Crippen molar-refractivity contribution in [3.8, 4) is 11.8 Å². The fourth-order valence-corrected chi connectivity index (χ4v) is 3.25. The Morgan fingerprint density at radius 2 is 2.12 bits per heavy atom. The average Bonchev–Trinajstić information content (AvgIpc) is 2.80. The van der Waals surface area contributed by atoms with E-state index in [0.717, 1.165) is 5.56 Å². The molecule has 0 aliphatic carbocycles. The lowest BCUT2D eigenvalue weighted by molar-refractivity contribution is 0.220. The lowest BCUT2D eigenvalue weighted by atomic mass is 10.0. The predicted octanol–water partition coefficient (Wildman–Crippen LogP) is 3.11. The molecule has 1 aromatic carbocycles. The highest BCUT2D eigenvalue weighted by atomic mass is 19.1. The minimum atomic E-state index is -0.904. The summed E-state index contributed by atoms with van der Waals surface area (Å²) in [6, 6.07) is 10.9. The minimum absolute atomic E-state index is 0.102. The molecule has 1 aliphatic heterocycles. The maximum atomic E-state index is 14.0. The molecule has 0 saturated carbocycles. The Morgan fingerprint density at radius 1 is 1.23 bits per heavy atom. The zero-order valence-corrected chi connectivity index (χ0v) is 14.4. The van der Waals surface area contributed by atoms with Crippen molar-refractivity contribution in [3.63, 3.8) is 0 Å². The number of rotatable bonds is 0. The van der Waals surface area contributed by atoms with Crippen molar-refractivity contribution in [3.05, 3.63) is 70.0 Å². The largest absolute Gasteiger partial charge is 0.296 e. The Bertz CT molecular complexity index is 1080. The monoisotopic (exact) mass is 347 g/mol. The number of benzene rings is 1. The molecule has 0 fully saturated rings. The highest BCUT2D eigenvalue weighted by Gasteiger charge is 2.24. The van der Waals surface area contributed by atoms with E-state index in [-0.39, 0.29) is 11.5 Å². The lowest BCUT2D eigenvalue weighted by Gasteiger charge is -2.14. The van der Waals surface area contributed by atoms with E-state index in [1.165, 1.54) is 0 Å². The second-order valence-electron chi connectivity index (χ2n) is 6.67. The molecule has 0 radical (unpaired) electrons. The molecular formula is C21H18FN3O. The van der Waals surface area contributed by atoms with Crippen LogP contribution in [-0.2, 0) is 13.0 Å². The van der Waals surface area contributed by atoms with Crippen LogP contribution in [0, 0.1) is 17.8 Å². The van der Waals surface area contributed by atoms with Gasteiger partial charge in [0.1, 0.15) is 17.7 Å². The number of fused-ring (bicyclic) bond motifs is 2. The highest BCUT2D eigenvalue weighted by molar-refractivity contribution is 5.79. The zero-order valence-electron chi connectivity index (χ0n) is 14.4. The Balaban J connectivity index is 1.77. The first kappa shape index (κ1) is 16.5. The number of nitrogens with zero attached hydrogens (tertiary/aromatic N) is 3. The Labute approximate surface area is 150 Å². The maximum absolute atomic E-state index is 14.0.